The predicted molar refractivity (Wildman–Crippen MR) is 123 cm³/mol. The summed E-state index contributed by atoms with van der Waals surface area (Å²) in [6.07, 6.45) is 3.45. The Morgan fingerprint density at radius 2 is 2.14 bits per heavy atom. The molecule has 2 N–H and O–H groups in total. The van der Waals surface area contributed by atoms with Crippen molar-refractivity contribution in [2.24, 2.45) is 10.9 Å². The van der Waals surface area contributed by atoms with Crippen molar-refractivity contribution in [1.82, 2.24) is 15.5 Å². The zero-order chi connectivity index (χ0) is 20.3. The van der Waals surface area contributed by atoms with Gasteiger partial charge in [0.2, 0.25) is 0 Å². The number of methoxy groups -OCH3 is 1. The summed E-state index contributed by atoms with van der Waals surface area (Å²) in [6.45, 7) is 8.12. The minimum Gasteiger partial charge on any atom is -0.496 e. The van der Waals surface area contributed by atoms with Crippen molar-refractivity contribution in [3.05, 3.63) is 52.2 Å². The Kier molecular flexibility index (Phi) is 8.83. The summed E-state index contributed by atoms with van der Waals surface area (Å²) in [4.78, 5) is 8.92. The summed E-state index contributed by atoms with van der Waals surface area (Å²) in [5.41, 5.74) is 1.22. The SMILES string of the molecule is CCNC(=NCC1CCCN(Cc2cccs2)C1)NCCc1ccccc1OC. The fourth-order valence-electron chi connectivity index (χ4n) is 3.85. The molecule has 1 aliphatic heterocycles. The number of thiophene rings is 1. The normalized spacial score (nSPS) is 17.9. The van der Waals surface area contributed by atoms with E-state index in [1.807, 2.05) is 23.5 Å². The lowest BCUT2D eigenvalue weighted by atomic mass is 9.98. The molecule has 0 bridgehead atoms. The van der Waals surface area contributed by atoms with Gasteiger partial charge in [0, 0.05) is 37.6 Å². The number of hydrogen-bond acceptors (Lipinski definition) is 4. The molecule has 2 heterocycles. The van der Waals surface area contributed by atoms with Crippen LogP contribution in [0.2, 0.25) is 0 Å². The standard InChI is InChI=1S/C23H34N4OS/c1-3-24-23(25-13-12-20-9-4-5-11-22(20)28-2)26-16-19-8-6-14-27(17-19)18-21-10-7-15-29-21/h4-5,7,9-11,15,19H,3,6,8,12-14,16-18H2,1-2H3,(H2,24,25,26). The van der Waals surface area contributed by atoms with E-state index in [1.165, 1.54) is 29.8 Å². The summed E-state index contributed by atoms with van der Waals surface area (Å²) in [5.74, 6) is 2.50. The number of para-hydroxylation sites is 1. The largest absolute Gasteiger partial charge is 0.496 e. The first kappa shape index (κ1) is 21.7. The number of nitrogens with one attached hydrogen (secondary N) is 2. The van der Waals surface area contributed by atoms with Gasteiger partial charge in [-0.25, -0.2) is 0 Å². The molecule has 158 valence electrons. The number of nitrogens with zero attached hydrogens (tertiary/aromatic N) is 2. The fourth-order valence-corrected chi connectivity index (χ4v) is 4.60. The molecule has 1 unspecified atom stereocenters. The molecule has 0 amide bonds. The maximum absolute atomic E-state index is 5.45. The van der Waals surface area contributed by atoms with E-state index in [1.54, 1.807) is 7.11 Å². The van der Waals surface area contributed by atoms with Crippen LogP contribution < -0.4 is 15.4 Å². The minimum absolute atomic E-state index is 0.633. The lowest BCUT2D eigenvalue weighted by molar-refractivity contribution is 0.172. The molecule has 5 nitrogen and oxygen atoms in total. The monoisotopic (exact) mass is 414 g/mol. The van der Waals surface area contributed by atoms with Gasteiger partial charge in [-0.15, -0.1) is 11.3 Å². The van der Waals surface area contributed by atoms with Crippen molar-refractivity contribution < 1.29 is 4.74 Å². The zero-order valence-electron chi connectivity index (χ0n) is 17.7. The van der Waals surface area contributed by atoms with Gasteiger partial charge < -0.3 is 15.4 Å². The first-order chi connectivity index (χ1) is 14.3. The molecule has 0 aliphatic carbocycles. The third kappa shape index (κ3) is 7.05. The molecule has 1 aliphatic rings. The third-order valence-corrected chi connectivity index (χ3v) is 6.15. The first-order valence-electron chi connectivity index (χ1n) is 10.7. The van der Waals surface area contributed by atoms with Crippen LogP contribution in [0.15, 0.2) is 46.8 Å². The Morgan fingerprint density at radius 1 is 1.24 bits per heavy atom. The van der Waals surface area contributed by atoms with Crippen LogP contribution in [0.3, 0.4) is 0 Å². The Bertz CT molecular complexity index is 747. The second-order valence-electron chi connectivity index (χ2n) is 7.53. The van der Waals surface area contributed by atoms with Crippen LogP contribution in [-0.4, -0.2) is 50.7 Å². The van der Waals surface area contributed by atoms with Gasteiger partial charge in [0.1, 0.15) is 5.75 Å². The van der Waals surface area contributed by atoms with Crippen molar-refractivity contribution in [3.8, 4) is 5.75 Å². The molecule has 0 radical (unpaired) electrons. The molecule has 6 heteroatoms. The van der Waals surface area contributed by atoms with E-state index in [-0.39, 0.29) is 0 Å². The Labute approximate surface area is 179 Å². The third-order valence-electron chi connectivity index (χ3n) is 5.29. The molecule has 1 aromatic carbocycles. The molecule has 1 atom stereocenters. The summed E-state index contributed by atoms with van der Waals surface area (Å²) in [6, 6.07) is 12.6. The number of guanidine groups is 1. The van der Waals surface area contributed by atoms with Gasteiger partial charge in [-0.3, -0.25) is 9.89 Å². The summed E-state index contributed by atoms with van der Waals surface area (Å²) in [5, 5.41) is 9.03. The lowest BCUT2D eigenvalue weighted by Gasteiger charge is -2.31. The van der Waals surface area contributed by atoms with Gasteiger partial charge in [-0.1, -0.05) is 24.3 Å². The summed E-state index contributed by atoms with van der Waals surface area (Å²) >= 11 is 1.85. The lowest BCUT2D eigenvalue weighted by Crippen LogP contribution is -2.40. The number of benzene rings is 1. The number of likely N-dealkylation sites (tertiary alicyclic amines) is 1. The second kappa shape index (κ2) is 11.8. The molecular formula is C23H34N4OS. The van der Waals surface area contributed by atoms with Gasteiger partial charge >= 0.3 is 0 Å². The highest BCUT2D eigenvalue weighted by Crippen LogP contribution is 2.21. The van der Waals surface area contributed by atoms with Crippen molar-refractivity contribution in [2.75, 3.05) is 39.8 Å². The highest BCUT2D eigenvalue weighted by atomic mass is 32.1. The van der Waals surface area contributed by atoms with Gasteiger partial charge in [0.15, 0.2) is 5.96 Å². The van der Waals surface area contributed by atoms with Crippen molar-refractivity contribution in [1.29, 1.82) is 0 Å². The van der Waals surface area contributed by atoms with Crippen molar-refractivity contribution >= 4 is 17.3 Å². The fraction of sp³-hybridized carbons (Fsp3) is 0.522. The molecular weight excluding hydrogens is 380 g/mol. The van der Waals surface area contributed by atoms with Crippen LogP contribution in [0.1, 0.15) is 30.2 Å². The van der Waals surface area contributed by atoms with Crippen LogP contribution in [0.5, 0.6) is 5.75 Å². The predicted octanol–water partition coefficient (Wildman–Crippen LogP) is 3.77. The average molecular weight is 415 g/mol. The van der Waals surface area contributed by atoms with Gasteiger partial charge in [0.25, 0.3) is 0 Å². The smallest absolute Gasteiger partial charge is 0.191 e. The van der Waals surface area contributed by atoms with Gasteiger partial charge in [-0.05, 0) is 61.7 Å². The molecule has 1 aromatic heterocycles. The van der Waals surface area contributed by atoms with Crippen molar-refractivity contribution in [3.63, 3.8) is 0 Å². The van der Waals surface area contributed by atoms with Crippen LogP contribution in [0.25, 0.3) is 0 Å². The van der Waals surface area contributed by atoms with E-state index in [9.17, 15) is 0 Å². The average Bonchev–Trinajstić information content (AvgIpc) is 3.25. The number of hydrogen-bond donors (Lipinski definition) is 2. The van der Waals surface area contributed by atoms with Crippen molar-refractivity contribution in [2.45, 2.75) is 32.7 Å². The Hall–Kier alpha value is -2.05. The molecule has 1 saturated heterocycles. The molecule has 2 aromatic rings. The summed E-state index contributed by atoms with van der Waals surface area (Å²) < 4.78 is 5.45. The number of piperidine rings is 1. The van der Waals surface area contributed by atoms with Crippen LogP contribution >= 0.6 is 11.3 Å². The second-order valence-corrected chi connectivity index (χ2v) is 8.56. The summed E-state index contributed by atoms with van der Waals surface area (Å²) in [7, 11) is 1.73. The molecule has 29 heavy (non-hydrogen) atoms. The number of rotatable bonds is 9. The van der Waals surface area contributed by atoms with Crippen LogP contribution in [0.4, 0.5) is 0 Å². The van der Waals surface area contributed by atoms with E-state index in [2.05, 4.69) is 52.1 Å². The number of ether oxygens (including phenoxy) is 1. The van der Waals surface area contributed by atoms with E-state index in [4.69, 9.17) is 9.73 Å². The van der Waals surface area contributed by atoms with Crippen LogP contribution in [-0.2, 0) is 13.0 Å². The Balaban J connectivity index is 1.47. The molecule has 0 saturated carbocycles. The first-order valence-corrected chi connectivity index (χ1v) is 11.5. The maximum atomic E-state index is 5.45. The number of aliphatic imine (C=N–C) groups is 1. The maximum Gasteiger partial charge on any atom is 0.191 e. The van der Waals surface area contributed by atoms with Crippen LogP contribution in [0, 0.1) is 5.92 Å². The molecule has 3 rings (SSSR count). The van der Waals surface area contributed by atoms with E-state index >= 15 is 0 Å². The van der Waals surface area contributed by atoms with E-state index in [0.29, 0.717) is 5.92 Å². The van der Waals surface area contributed by atoms with Gasteiger partial charge in [0.05, 0.1) is 7.11 Å². The zero-order valence-corrected chi connectivity index (χ0v) is 18.5. The quantitative estimate of drug-likeness (QED) is 0.484. The Morgan fingerprint density at radius 3 is 2.93 bits per heavy atom. The minimum atomic E-state index is 0.633. The van der Waals surface area contributed by atoms with E-state index in [0.717, 1.165) is 50.9 Å². The highest BCUT2D eigenvalue weighted by molar-refractivity contribution is 7.09. The topological polar surface area (TPSA) is 48.9 Å². The molecule has 0 spiro atoms. The van der Waals surface area contributed by atoms with Gasteiger partial charge in [-0.2, -0.15) is 0 Å². The highest BCUT2D eigenvalue weighted by Gasteiger charge is 2.20. The molecule has 1 fully saturated rings. The van der Waals surface area contributed by atoms with E-state index < -0.39 is 0 Å².